The molecule has 0 radical (unpaired) electrons. The Kier molecular flexibility index (Phi) is 5.89. The summed E-state index contributed by atoms with van der Waals surface area (Å²) in [6.07, 6.45) is 0.0272. The van der Waals surface area contributed by atoms with Gasteiger partial charge in [-0.05, 0) is 36.2 Å². The van der Waals surface area contributed by atoms with E-state index in [1.54, 1.807) is 30.3 Å². The second kappa shape index (κ2) is 7.91. The number of carbonyl (C=O) groups excluding carboxylic acids is 1. The van der Waals surface area contributed by atoms with Gasteiger partial charge in [-0.3, -0.25) is 9.59 Å². The van der Waals surface area contributed by atoms with Gasteiger partial charge in [0.15, 0.2) is 0 Å². The van der Waals surface area contributed by atoms with E-state index in [0.717, 1.165) is 0 Å². The van der Waals surface area contributed by atoms with Crippen molar-refractivity contribution < 1.29 is 23.1 Å². The fourth-order valence-corrected chi connectivity index (χ4v) is 3.39. The molecular weight excluding hydrogens is 344 g/mol. The molecule has 0 bridgehead atoms. The Bertz CT molecular complexity index is 848. The number of amides is 1. The lowest BCUT2D eigenvalue weighted by Gasteiger charge is -2.15. The summed E-state index contributed by atoms with van der Waals surface area (Å²) in [5.74, 6) is -1.54. The third-order valence-electron chi connectivity index (χ3n) is 3.36. The first-order valence-corrected chi connectivity index (χ1v) is 8.93. The van der Waals surface area contributed by atoms with E-state index in [4.69, 9.17) is 0 Å². The number of sulfonamides is 1. The number of aliphatic carboxylic acids is 1. The summed E-state index contributed by atoms with van der Waals surface area (Å²) in [5, 5.41) is 11.8. The Labute approximate surface area is 145 Å². The van der Waals surface area contributed by atoms with E-state index < -0.39 is 22.0 Å². The maximum atomic E-state index is 12.4. The summed E-state index contributed by atoms with van der Waals surface area (Å²) >= 11 is 0. The first kappa shape index (κ1) is 18.6. The zero-order chi connectivity index (χ0) is 18.4. The van der Waals surface area contributed by atoms with Crippen LogP contribution in [0.2, 0.25) is 0 Å². The van der Waals surface area contributed by atoms with Crippen molar-refractivity contribution in [2.75, 3.05) is 5.32 Å². The maximum Gasteiger partial charge on any atom is 0.322 e. The summed E-state index contributed by atoms with van der Waals surface area (Å²) in [7, 11) is -4.01. The summed E-state index contributed by atoms with van der Waals surface area (Å²) in [6, 6.07) is 12.9. The van der Waals surface area contributed by atoms with Gasteiger partial charge in [0.2, 0.25) is 15.9 Å². The van der Waals surface area contributed by atoms with Crippen LogP contribution in [0.5, 0.6) is 0 Å². The van der Waals surface area contributed by atoms with Gasteiger partial charge in [-0.25, -0.2) is 8.42 Å². The van der Waals surface area contributed by atoms with Gasteiger partial charge in [-0.15, -0.1) is 0 Å². The highest BCUT2D eigenvalue weighted by molar-refractivity contribution is 7.89. The Hall–Kier alpha value is -2.71. The highest BCUT2D eigenvalue weighted by Crippen LogP contribution is 2.15. The molecule has 2 aromatic carbocycles. The van der Waals surface area contributed by atoms with Crippen LogP contribution in [0.25, 0.3) is 0 Å². The molecule has 0 heterocycles. The number of hydrogen-bond donors (Lipinski definition) is 3. The van der Waals surface area contributed by atoms with Crippen LogP contribution in [0.3, 0.4) is 0 Å². The highest BCUT2D eigenvalue weighted by atomic mass is 32.2. The third-order valence-corrected chi connectivity index (χ3v) is 4.85. The molecule has 132 valence electrons. The zero-order valence-electron chi connectivity index (χ0n) is 13.5. The first-order valence-electron chi connectivity index (χ1n) is 7.44. The number of carboxylic acid groups (broad SMARTS) is 1. The van der Waals surface area contributed by atoms with Crippen LogP contribution in [0.15, 0.2) is 59.5 Å². The zero-order valence-corrected chi connectivity index (χ0v) is 14.3. The van der Waals surface area contributed by atoms with Crippen molar-refractivity contribution in [3.8, 4) is 0 Å². The van der Waals surface area contributed by atoms with Gasteiger partial charge < -0.3 is 10.4 Å². The topological polar surface area (TPSA) is 113 Å². The molecule has 0 saturated carbocycles. The predicted octanol–water partition coefficient (Wildman–Crippen LogP) is 1.62. The molecule has 0 aliphatic carbocycles. The van der Waals surface area contributed by atoms with Crippen LogP contribution in [0, 0.1) is 0 Å². The largest absolute Gasteiger partial charge is 0.480 e. The second-order valence-electron chi connectivity index (χ2n) is 5.41. The average Bonchev–Trinajstić information content (AvgIpc) is 2.55. The summed E-state index contributed by atoms with van der Waals surface area (Å²) in [4.78, 5) is 22.3. The molecule has 0 aliphatic heterocycles. The molecule has 0 aliphatic rings. The quantitative estimate of drug-likeness (QED) is 0.693. The smallest absolute Gasteiger partial charge is 0.322 e. The van der Waals surface area contributed by atoms with E-state index in [0.29, 0.717) is 11.3 Å². The highest BCUT2D eigenvalue weighted by Gasteiger charge is 2.25. The molecule has 1 amide bonds. The van der Waals surface area contributed by atoms with Gasteiger partial charge in [0.05, 0.1) is 4.90 Å². The number of carbonyl (C=O) groups is 2. The van der Waals surface area contributed by atoms with Crippen molar-refractivity contribution in [2.24, 2.45) is 0 Å². The number of anilines is 1. The molecule has 3 N–H and O–H groups in total. The van der Waals surface area contributed by atoms with Crippen molar-refractivity contribution in [3.05, 3.63) is 60.2 Å². The number of carboxylic acids is 1. The molecule has 0 spiro atoms. The molecule has 0 aromatic heterocycles. The van der Waals surface area contributed by atoms with E-state index in [1.807, 2.05) is 0 Å². The fraction of sp³-hybridized carbons (Fsp3) is 0.176. The Morgan fingerprint density at radius 1 is 1.04 bits per heavy atom. The molecular formula is C17H18N2O5S. The van der Waals surface area contributed by atoms with Gasteiger partial charge in [0.1, 0.15) is 6.04 Å². The van der Waals surface area contributed by atoms with Crippen molar-refractivity contribution in [2.45, 2.75) is 24.3 Å². The molecule has 8 heteroatoms. The van der Waals surface area contributed by atoms with Gasteiger partial charge in [-0.2, -0.15) is 4.72 Å². The Balaban J connectivity index is 2.16. The van der Waals surface area contributed by atoms with Crippen LogP contribution in [0.4, 0.5) is 5.69 Å². The molecule has 7 nitrogen and oxygen atoms in total. The number of nitrogens with one attached hydrogen (secondary N) is 2. The number of hydrogen-bond acceptors (Lipinski definition) is 4. The Morgan fingerprint density at radius 3 is 2.16 bits per heavy atom. The third kappa shape index (κ3) is 5.40. The molecule has 2 rings (SSSR count). The van der Waals surface area contributed by atoms with Crippen molar-refractivity contribution in [1.29, 1.82) is 0 Å². The fourth-order valence-electron chi connectivity index (χ4n) is 2.21. The standard InChI is InChI=1S/C17H18N2O5S/c1-12(20)18-14-7-9-15(10-8-14)25(23,24)19-16(17(21)22)11-13-5-3-2-4-6-13/h2-10,16,19H,11H2,1H3,(H,18,20)(H,21,22). The minimum atomic E-state index is -4.01. The minimum Gasteiger partial charge on any atom is -0.480 e. The molecule has 0 fully saturated rings. The normalized spacial score (nSPS) is 12.4. The second-order valence-corrected chi connectivity index (χ2v) is 7.12. The summed E-state index contributed by atoms with van der Waals surface area (Å²) in [5.41, 5.74) is 1.16. The molecule has 1 unspecified atom stereocenters. The lowest BCUT2D eigenvalue weighted by atomic mass is 10.1. The van der Waals surface area contributed by atoms with Crippen LogP contribution in [-0.2, 0) is 26.0 Å². The first-order chi connectivity index (χ1) is 11.8. The lowest BCUT2D eigenvalue weighted by Crippen LogP contribution is -2.42. The van der Waals surface area contributed by atoms with Crippen molar-refractivity contribution in [3.63, 3.8) is 0 Å². The molecule has 2 aromatic rings. The monoisotopic (exact) mass is 362 g/mol. The molecule has 25 heavy (non-hydrogen) atoms. The van der Waals surface area contributed by atoms with Gasteiger partial charge in [-0.1, -0.05) is 30.3 Å². The van der Waals surface area contributed by atoms with E-state index in [2.05, 4.69) is 10.0 Å². The van der Waals surface area contributed by atoms with E-state index in [1.165, 1.54) is 31.2 Å². The summed E-state index contributed by atoms with van der Waals surface area (Å²) < 4.78 is 27.0. The van der Waals surface area contributed by atoms with Crippen molar-refractivity contribution >= 4 is 27.6 Å². The molecule has 0 saturated heterocycles. The van der Waals surface area contributed by atoms with E-state index in [-0.39, 0.29) is 17.2 Å². The SMILES string of the molecule is CC(=O)Nc1ccc(S(=O)(=O)NC(Cc2ccccc2)C(=O)O)cc1. The number of benzene rings is 2. The number of rotatable bonds is 7. The average molecular weight is 362 g/mol. The van der Waals surface area contributed by atoms with Gasteiger partial charge in [0, 0.05) is 12.6 Å². The van der Waals surface area contributed by atoms with Crippen LogP contribution >= 0.6 is 0 Å². The minimum absolute atomic E-state index is 0.0272. The molecule has 1 atom stereocenters. The maximum absolute atomic E-state index is 12.4. The Morgan fingerprint density at radius 2 is 1.64 bits per heavy atom. The van der Waals surface area contributed by atoms with Crippen LogP contribution in [-0.4, -0.2) is 31.4 Å². The van der Waals surface area contributed by atoms with Crippen LogP contribution < -0.4 is 10.0 Å². The van der Waals surface area contributed by atoms with Gasteiger partial charge in [0.25, 0.3) is 0 Å². The predicted molar refractivity (Wildman–Crippen MR) is 92.6 cm³/mol. The van der Waals surface area contributed by atoms with Crippen molar-refractivity contribution in [1.82, 2.24) is 4.72 Å². The van der Waals surface area contributed by atoms with Gasteiger partial charge >= 0.3 is 5.97 Å². The van der Waals surface area contributed by atoms with Crippen LogP contribution in [0.1, 0.15) is 12.5 Å². The van der Waals surface area contributed by atoms with E-state index in [9.17, 15) is 23.1 Å². The lowest BCUT2D eigenvalue weighted by molar-refractivity contribution is -0.138. The summed E-state index contributed by atoms with van der Waals surface area (Å²) in [6.45, 7) is 1.34. The van der Waals surface area contributed by atoms with E-state index >= 15 is 0 Å².